The van der Waals surface area contributed by atoms with E-state index < -0.39 is 0 Å². The second kappa shape index (κ2) is 6.68. The maximum Gasteiger partial charge on any atom is 0.254 e. The van der Waals surface area contributed by atoms with Gasteiger partial charge in [0.2, 0.25) is 0 Å². The molecule has 0 unspecified atom stereocenters. The largest absolute Gasteiger partial charge is 0.339 e. The van der Waals surface area contributed by atoms with Crippen molar-refractivity contribution in [2.45, 2.75) is 25.8 Å². The molecule has 0 saturated carbocycles. The van der Waals surface area contributed by atoms with Crippen molar-refractivity contribution in [1.82, 2.24) is 4.90 Å². The molecule has 0 radical (unpaired) electrons. The second-order valence-corrected chi connectivity index (χ2v) is 4.73. The van der Waals surface area contributed by atoms with Crippen molar-refractivity contribution < 1.29 is 9.59 Å². The van der Waals surface area contributed by atoms with Gasteiger partial charge >= 0.3 is 0 Å². The first-order valence-electron chi connectivity index (χ1n) is 6.24. The third-order valence-corrected chi connectivity index (χ3v) is 3.36. The van der Waals surface area contributed by atoms with E-state index in [1.165, 1.54) is 6.92 Å². The highest BCUT2D eigenvalue weighted by atomic mass is 35.5. The molecular weight excluding hydrogens is 264 g/mol. The van der Waals surface area contributed by atoms with Crippen LogP contribution in [0.4, 0.5) is 0 Å². The van der Waals surface area contributed by atoms with Crippen LogP contribution in [-0.2, 0) is 0 Å². The molecule has 1 saturated heterocycles. The van der Waals surface area contributed by atoms with Crippen molar-refractivity contribution >= 4 is 24.1 Å². The minimum atomic E-state index is -0.0762. The first-order valence-corrected chi connectivity index (χ1v) is 6.24. The number of benzene rings is 1. The number of hydrogen-bond donors (Lipinski definition) is 1. The smallest absolute Gasteiger partial charge is 0.254 e. The lowest BCUT2D eigenvalue weighted by molar-refractivity contribution is 0.0710. The highest BCUT2D eigenvalue weighted by molar-refractivity contribution is 6.07. The molecule has 0 spiro atoms. The Morgan fingerprint density at radius 2 is 1.68 bits per heavy atom. The minimum Gasteiger partial charge on any atom is -0.339 e. The van der Waals surface area contributed by atoms with E-state index in [1.54, 1.807) is 29.2 Å². The molecule has 1 aromatic rings. The molecule has 0 aromatic heterocycles. The quantitative estimate of drug-likeness (QED) is 0.843. The average Bonchev–Trinajstić information content (AvgIpc) is 2.39. The summed E-state index contributed by atoms with van der Waals surface area (Å²) in [5, 5.41) is 0. The van der Waals surface area contributed by atoms with Crippen LogP contribution in [0.2, 0.25) is 0 Å². The van der Waals surface area contributed by atoms with Crippen molar-refractivity contribution in [2.75, 3.05) is 13.1 Å². The Kier molecular flexibility index (Phi) is 5.51. The van der Waals surface area contributed by atoms with E-state index >= 15 is 0 Å². The van der Waals surface area contributed by atoms with Crippen LogP contribution in [0.1, 0.15) is 40.5 Å². The third-order valence-electron chi connectivity index (χ3n) is 3.36. The van der Waals surface area contributed by atoms with Crippen LogP contribution in [0.3, 0.4) is 0 Å². The first-order chi connectivity index (χ1) is 8.59. The van der Waals surface area contributed by atoms with E-state index in [9.17, 15) is 9.59 Å². The molecule has 19 heavy (non-hydrogen) atoms. The molecule has 2 rings (SSSR count). The van der Waals surface area contributed by atoms with Gasteiger partial charge in [0.1, 0.15) is 0 Å². The number of likely N-dealkylation sites (tertiary alicyclic amines) is 1. The molecule has 104 valence electrons. The summed E-state index contributed by atoms with van der Waals surface area (Å²) in [5.74, 6) is -0.139. The van der Waals surface area contributed by atoms with Crippen LogP contribution in [0, 0.1) is 0 Å². The Bertz CT molecular complexity index is 468. The predicted octanol–water partition coefficient (Wildman–Crippen LogP) is 1.87. The number of hydrogen-bond acceptors (Lipinski definition) is 3. The van der Waals surface area contributed by atoms with Gasteiger partial charge in [0.05, 0.1) is 5.56 Å². The van der Waals surface area contributed by atoms with Crippen LogP contribution in [-0.4, -0.2) is 35.7 Å². The molecular formula is C14H19ClN2O2. The maximum absolute atomic E-state index is 12.4. The molecule has 1 aliphatic heterocycles. The number of Topliss-reactive ketones (excluding diaryl/α,β-unsaturated/α-hetero) is 1. The highest BCUT2D eigenvalue weighted by Gasteiger charge is 2.23. The topological polar surface area (TPSA) is 63.4 Å². The van der Waals surface area contributed by atoms with Crippen LogP contribution < -0.4 is 5.73 Å². The Hall–Kier alpha value is -1.39. The molecule has 1 aliphatic rings. The van der Waals surface area contributed by atoms with Crippen LogP contribution in [0.15, 0.2) is 24.3 Å². The predicted molar refractivity (Wildman–Crippen MR) is 76.8 cm³/mol. The number of amides is 1. The highest BCUT2D eigenvalue weighted by Crippen LogP contribution is 2.16. The van der Waals surface area contributed by atoms with Crippen molar-refractivity contribution in [2.24, 2.45) is 5.73 Å². The summed E-state index contributed by atoms with van der Waals surface area (Å²) >= 11 is 0. The van der Waals surface area contributed by atoms with E-state index in [4.69, 9.17) is 5.73 Å². The Morgan fingerprint density at radius 3 is 2.21 bits per heavy atom. The average molecular weight is 283 g/mol. The van der Waals surface area contributed by atoms with Crippen molar-refractivity contribution in [3.63, 3.8) is 0 Å². The van der Waals surface area contributed by atoms with Gasteiger partial charge in [-0.1, -0.05) is 18.2 Å². The molecule has 0 bridgehead atoms. The summed E-state index contributed by atoms with van der Waals surface area (Å²) < 4.78 is 0. The minimum absolute atomic E-state index is 0. The zero-order valence-electron chi connectivity index (χ0n) is 11.0. The molecule has 2 N–H and O–H groups in total. The lowest BCUT2D eigenvalue weighted by Crippen LogP contribution is -2.43. The molecule has 1 fully saturated rings. The van der Waals surface area contributed by atoms with Gasteiger partial charge in [-0.2, -0.15) is 0 Å². The number of halogens is 1. The Morgan fingerprint density at radius 1 is 1.16 bits per heavy atom. The molecule has 0 aliphatic carbocycles. The fourth-order valence-corrected chi connectivity index (χ4v) is 2.25. The van der Waals surface area contributed by atoms with Gasteiger partial charge in [-0.05, 0) is 25.8 Å². The molecule has 0 atom stereocenters. The second-order valence-electron chi connectivity index (χ2n) is 4.73. The van der Waals surface area contributed by atoms with Crippen molar-refractivity contribution in [3.8, 4) is 0 Å². The van der Waals surface area contributed by atoms with Crippen LogP contribution in [0.25, 0.3) is 0 Å². The van der Waals surface area contributed by atoms with Crippen molar-refractivity contribution in [1.29, 1.82) is 0 Å². The zero-order valence-corrected chi connectivity index (χ0v) is 11.8. The summed E-state index contributed by atoms with van der Waals surface area (Å²) in [4.78, 5) is 25.7. The molecule has 1 aromatic carbocycles. The summed E-state index contributed by atoms with van der Waals surface area (Å²) in [6.45, 7) is 2.83. The van der Waals surface area contributed by atoms with Gasteiger partial charge in [0.25, 0.3) is 5.91 Å². The SMILES string of the molecule is CC(=O)c1ccccc1C(=O)N1CCC(N)CC1.Cl. The number of rotatable bonds is 2. The summed E-state index contributed by atoms with van der Waals surface area (Å²) in [6, 6.07) is 7.17. The van der Waals surface area contributed by atoms with Gasteiger partial charge in [-0.15, -0.1) is 12.4 Å². The van der Waals surface area contributed by atoms with E-state index in [1.807, 2.05) is 0 Å². The number of nitrogens with zero attached hydrogens (tertiary/aromatic N) is 1. The third kappa shape index (κ3) is 3.55. The van der Waals surface area contributed by atoms with Gasteiger partial charge in [-0.3, -0.25) is 9.59 Å². The summed E-state index contributed by atoms with van der Waals surface area (Å²) in [6.07, 6.45) is 1.65. The number of carbonyl (C=O) groups excluding carboxylic acids is 2. The standard InChI is InChI=1S/C14H18N2O2.ClH/c1-10(17)12-4-2-3-5-13(12)14(18)16-8-6-11(15)7-9-16;/h2-5,11H,6-9,15H2,1H3;1H. The zero-order chi connectivity index (χ0) is 13.1. The van der Waals surface area contributed by atoms with Crippen LogP contribution in [0.5, 0.6) is 0 Å². The van der Waals surface area contributed by atoms with E-state index in [2.05, 4.69) is 0 Å². The maximum atomic E-state index is 12.4. The van der Waals surface area contributed by atoms with Gasteiger partial charge in [0, 0.05) is 24.7 Å². The Labute approximate surface area is 119 Å². The summed E-state index contributed by atoms with van der Waals surface area (Å²) in [7, 11) is 0. The number of nitrogens with two attached hydrogens (primary N) is 1. The first kappa shape index (κ1) is 15.7. The monoisotopic (exact) mass is 282 g/mol. The molecule has 1 amide bonds. The lowest BCUT2D eigenvalue weighted by atomic mass is 10.0. The van der Waals surface area contributed by atoms with E-state index in [-0.39, 0.29) is 30.1 Å². The van der Waals surface area contributed by atoms with E-state index in [0.29, 0.717) is 24.2 Å². The number of piperidine rings is 1. The van der Waals surface area contributed by atoms with Gasteiger partial charge < -0.3 is 10.6 Å². The van der Waals surface area contributed by atoms with Crippen LogP contribution >= 0.6 is 12.4 Å². The summed E-state index contributed by atoms with van der Waals surface area (Å²) in [5.41, 5.74) is 6.82. The van der Waals surface area contributed by atoms with Crippen molar-refractivity contribution in [3.05, 3.63) is 35.4 Å². The Balaban J connectivity index is 0.00000180. The number of ketones is 1. The lowest BCUT2D eigenvalue weighted by Gasteiger charge is -2.30. The van der Waals surface area contributed by atoms with E-state index in [0.717, 1.165) is 12.8 Å². The molecule has 5 heteroatoms. The number of carbonyl (C=O) groups is 2. The van der Waals surface area contributed by atoms with Gasteiger partial charge in [-0.25, -0.2) is 0 Å². The fourth-order valence-electron chi connectivity index (χ4n) is 2.25. The normalized spacial score (nSPS) is 15.8. The fraction of sp³-hybridized carbons (Fsp3) is 0.429. The molecule has 4 nitrogen and oxygen atoms in total. The molecule has 1 heterocycles. The van der Waals surface area contributed by atoms with Gasteiger partial charge in [0.15, 0.2) is 5.78 Å².